The summed E-state index contributed by atoms with van der Waals surface area (Å²) in [7, 11) is -3.19. The molecule has 3 aromatic carbocycles. The molecule has 0 saturated carbocycles. The molecule has 0 aliphatic carbocycles. The topological polar surface area (TPSA) is 185 Å². The van der Waals surface area contributed by atoms with Crippen LogP contribution in [0.1, 0.15) is 31.4 Å². The maximum Gasteiger partial charge on any atom is 0.410 e. The molecule has 5 aromatic rings. The van der Waals surface area contributed by atoms with E-state index in [2.05, 4.69) is 25.0 Å². The number of rotatable bonds is 14. The lowest BCUT2D eigenvalue weighted by Gasteiger charge is -2.15. The van der Waals surface area contributed by atoms with Gasteiger partial charge in [0.05, 0.1) is 19.4 Å². The fourth-order valence-corrected chi connectivity index (χ4v) is 6.11. The number of carbonyl (C=O) groups is 2. The Bertz CT molecular complexity index is 2170. The van der Waals surface area contributed by atoms with Crippen LogP contribution in [-0.4, -0.2) is 49.1 Å². The number of methoxy groups -OCH3 is 1. The quantitative estimate of drug-likeness (QED) is 0.114. The Labute approximate surface area is 285 Å². The molecule has 0 unspecified atom stereocenters. The molecule has 0 atom stereocenters. The highest BCUT2D eigenvalue weighted by atomic mass is 32.2. The average Bonchev–Trinajstić information content (AvgIpc) is 3.06. The van der Waals surface area contributed by atoms with Gasteiger partial charge in [-0.3, -0.25) is 9.52 Å². The van der Waals surface area contributed by atoms with Crippen molar-refractivity contribution in [2.24, 2.45) is 5.73 Å². The lowest BCUT2D eigenvalue weighted by atomic mass is 10.0. The van der Waals surface area contributed by atoms with Gasteiger partial charge < -0.3 is 25.3 Å². The number of ether oxygens (including phenoxy) is 3. The predicted octanol–water partition coefficient (Wildman–Crippen LogP) is 6.12. The number of para-hydroxylation sites is 2. The van der Waals surface area contributed by atoms with Crippen LogP contribution in [0.4, 0.5) is 25.0 Å². The van der Waals surface area contributed by atoms with Gasteiger partial charge in [0.15, 0.2) is 5.75 Å². The number of hydrogen-bond acceptors (Lipinski definition) is 10. The number of nitrogens with zero attached hydrogens (tertiary/aromatic N) is 3. The first-order valence-electron chi connectivity index (χ1n) is 15.2. The Balaban J connectivity index is 1.28. The lowest BCUT2D eigenvalue weighted by molar-refractivity contribution is -0.116. The van der Waals surface area contributed by atoms with Gasteiger partial charge in [-0.1, -0.05) is 12.1 Å². The van der Waals surface area contributed by atoms with E-state index in [-0.39, 0.29) is 29.6 Å². The summed E-state index contributed by atoms with van der Waals surface area (Å²) in [6.45, 7) is 2.11. The number of benzene rings is 3. The third-order valence-corrected chi connectivity index (χ3v) is 8.78. The van der Waals surface area contributed by atoms with Gasteiger partial charge in [0, 0.05) is 35.3 Å². The number of nitrogens with one attached hydrogen (secondary N) is 2. The molecule has 0 aliphatic heterocycles. The zero-order chi connectivity index (χ0) is 35.8. The molecular weight excluding hydrogens is 674 g/mol. The summed E-state index contributed by atoms with van der Waals surface area (Å²) in [5.41, 5.74) is 7.63. The Kier molecular flexibility index (Phi) is 11.0. The van der Waals surface area contributed by atoms with E-state index in [1.165, 1.54) is 31.8 Å². The molecule has 0 fully saturated rings. The minimum absolute atomic E-state index is 0.0755. The summed E-state index contributed by atoms with van der Waals surface area (Å²) < 4.78 is 72.5. The van der Waals surface area contributed by atoms with Gasteiger partial charge in [0.1, 0.15) is 39.8 Å². The highest BCUT2D eigenvalue weighted by Crippen LogP contribution is 2.36. The second kappa shape index (κ2) is 15.5. The summed E-state index contributed by atoms with van der Waals surface area (Å²) in [5.74, 6) is -1.91. The van der Waals surface area contributed by atoms with E-state index in [4.69, 9.17) is 19.9 Å². The molecule has 0 bridgehead atoms. The average molecular weight is 707 g/mol. The summed E-state index contributed by atoms with van der Waals surface area (Å²) in [4.78, 5) is 35.8. The van der Waals surface area contributed by atoms with Crippen molar-refractivity contribution in [1.82, 2.24) is 15.0 Å². The SMILES string of the molecule is COc1ncc(-c2cc(OCCCCCC(=O)Nc3ccccc3OC(N)=O)c3ncnc(C)c3c2)cc1NS(=O)(=O)c1ccc(F)cc1F. The van der Waals surface area contributed by atoms with Crippen molar-refractivity contribution in [3.63, 3.8) is 0 Å². The standard InChI is InChI=1S/C34H32F2N6O7S/c1-20-24-14-21(22-15-27(33(47-2)38-18-22)42-50(45,46)30-12-11-23(35)17-25(30)36)16-29(32(24)40-19-39-20)48-13-7-3-4-10-31(43)41-26-8-5-6-9-28(26)49-34(37)44/h5-6,8-9,11-12,14-19,42H,3-4,7,10,13H2,1-2H3,(H2,37,44)(H,41,43). The smallest absolute Gasteiger partial charge is 0.410 e. The molecule has 2 amide bonds. The molecule has 16 heteroatoms. The van der Waals surface area contributed by atoms with Crippen LogP contribution in [0.2, 0.25) is 0 Å². The number of halogens is 2. The zero-order valence-electron chi connectivity index (χ0n) is 26.9. The van der Waals surface area contributed by atoms with Crippen molar-refractivity contribution in [2.45, 2.75) is 37.5 Å². The van der Waals surface area contributed by atoms with Crippen LogP contribution in [0.3, 0.4) is 0 Å². The Hall–Kier alpha value is -5.90. The number of nitrogens with two attached hydrogens (primary N) is 1. The number of aromatic nitrogens is 3. The third-order valence-electron chi connectivity index (χ3n) is 7.39. The first kappa shape index (κ1) is 35.4. The first-order chi connectivity index (χ1) is 23.9. The number of fused-ring (bicyclic) bond motifs is 1. The van der Waals surface area contributed by atoms with Crippen LogP contribution in [0.5, 0.6) is 17.4 Å². The maximum absolute atomic E-state index is 14.4. The molecule has 13 nitrogen and oxygen atoms in total. The highest BCUT2D eigenvalue weighted by Gasteiger charge is 2.23. The molecule has 260 valence electrons. The van der Waals surface area contributed by atoms with Crippen LogP contribution in [0.25, 0.3) is 22.0 Å². The molecule has 2 heterocycles. The van der Waals surface area contributed by atoms with Crippen molar-refractivity contribution in [3.8, 4) is 28.5 Å². The van der Waals surface area contributed by atoms with Crippen LogP contribution < -0.4 is 30.0 Å². The normalized spacial score (nSPS) is 11.2. The summed E-state index contributed by atoms with van der Waals surface area (Å²) in [6, 6.07) is 13.6. The zero-order valence-corrected chi connectivity index (χ0v) is 27.7. The van der Waals surface area contributed by atoms with E-state index >= 15 is 0 Å². The fourth-order valence-electron chi connectivity index (χ4n) is 5.00. The number of amides is 2. The molecule has 0 saturated heterocycles. The van der Waals surface area contributed by atoms with Crippen LogP contribution >= 0.6 is 0 Å². The number of primary amides is 1. The molecule has 2 aromatic heterocycles. The molecular formula is C34H32F2N6O7S. The number of unbranched alkanes of at least 4 members (excludes halogenated alkanes) is 2. The minimum atomic E-state index is -4.49. The molecule has 0 radical (unpaired) electrons. The summed E-state index contributed by atoms with van der Waals surface area (Å²) in [5, 5.41) is 3.40. The second-order valence-corrected chi connectivity index (χ2v) is 12.6. The number of hydrogen-bond donors (Lipinski definition) is 3. The lowest BCUT2D eigenvalue weighted by Crippen LogP contribution is -2.18. The van der Waals surface area contributed by atoms with Gasteiger partial charge in [0.25, 0.3) is 10.0 Å². The highest BCUT2D eigenvalue weighted by molar-refractivity contribution is 7.92. The van der Waals surface area contributed by atoms with Crippen molar-refractivity contribution >= 4 is 44.3 Å². The number of anilines is 2. The minimum Gasteiger partial charge on any atom is -0.491 e. The summed E-state index contributed by atoms with van der Waals surface area (Å²) >= 11 is 0. The molecule has 0 spiro atoms. The molecule has 50 heavy (non-hydrogen) atoms. The van der Waals surface area contributed by atoms with E-state index in [0.717, 1.165) is 12.1 Å². The predicted molar refractivity (Wildman–Crippen MR) is 180 cm³/mol. The largest absolute Gasteiger partial charge is 0.491 e. The van der Waals surface area contributed by atoms with E-state index in [9.17, 15) is 26.8 Å². The van der Waals surface area contributed by atoms with Crippen molar-refractivity contribution < 1.29 is 41.0 Å². The molecule has 0 aliphatic rings. The van der Waals surface area contributed by atoms with Gasteiger partial charge >= 0.3 is 6.09 Å². The fraction of sp³-hybridized carbons (Fsp3) is 0.206. The van der Waals surface area contributed by atoms with Crippen LogP contribution in [-0.2, 0) is 14.8 Å². The van der Waals surface area contributed by atoms with E-state index < -0.39 is 32.6 Å². The van der Waals surface area contributed by atoms with Crippen molar-refractivity contribution in [1.29, 1.82) is 0 Å². The van der Waals surface area contributed by atoms with E-state index in [1.54, 1.807) is 24.3 Å². The number of sulfonamides is 1. The summed E-state index contributed by atoms with van der Waals surface area (Å²) in [6.07, 6.45) is 3.98. The Morgan fingerprint density at radius 1 is 0.900 bits per heavy atom. The number of carbonyl (C=O) groups excluding carboxylic acids is 2. The van der Waals surface area contributed by atoms with Crippen LogP contribution in [0, 0.1) is 18.6 Å². The van der Waals surface area contributed by atoms with Gasteiger partial charge in [-0.25, -0.2) is 36.9 Å². The van der Waals surface area contributed by atoms with Gasteiger partial charge in [-0.05, 0) is 74.2 Å². The maximum atomic E-state index is 14.4. The van der Waals surface area contributed by atoms with Crippen LogP contribution in [0.15, 0.2) is 78.1 Å². The second-order valence-electron chi connectivity index (χ2n) is 10.9. The van der Waals surface area contributed by atoms with Crippen molar-refractivity contribution in [3.05, 3.63) is 90.5 Å². The van der Waals surface area contributed by atoms with Gasteiger partial charge in [0.2, 0.25) is 11.8 Å². The Morgan fingerprint density at radius 2 is 1.70 bits per heavy atom. The van der Waals surface area contributed by atoms with E-state index in [0.29, 0.717) is 71.1 Å². The first-order valence-corrected chi connectivity index (χ1v) is 16.7. The number of aryl methyl sites for hydroxylation is 1. The molecule has 5 rings (SSSR count). The third kappa shape index (κ3) is 8.57. The molecule has 4 N–H and O–H groups in total. The van der Waals surface area contributed by atoms with Gasteiger partial charge in [-0.15, -0.1) is 0 Å². The van der Waals surface area contributed by atoms with E-state index in [1.807, 2.05) is 13.0 Å². The van der Waals surface area contributed by atoms with Gasteiger partial charge in [-0.2, -0.15) is 0 Å². The number of pyridine rings is 1. The Morgan fingerprint density at radius 3 is 2.46 bits per heavy atom. The monoisotopic (exact) mass is 706 g/mol. The van der Waals surface area contributed by atoms with Crippen molar-refractivity contribution in [2.75, 3.05) is 23.8 Å².